The molecule has 0 amide bonds. The molecule has 0 saturated heterocycles. The smallest absolute Gasteiger partial charge is 0.320 e. The molecule has 1 aromatic carbocycles. The zero-order valence-electron chi connectivity index (χ0n) is 11.1. The van der Waals surface area contributed by atoms with Gasteiger partial charge in [-0.1, -0.05) is 32.0 Å². The van der Waals surface area contributed by atoms with E-state index in [4.69, 9.17) is 5.11 Å². The van der Waals surface area contributed by atoms with E-state index in [1.165, 1.54) is 29.5 Å². The van der Waals surface area contributed by atoms with Crippen LogP contribution in [0.25, 0.3) is 0 Å². The van der Waals surface area contributed by atoms with Crippen molar-refractivity contribution in [2.75, 3.05) is 0 Å². The second kappa shape index (κ2) is 5.53. The van der Waals surface area contributed by atoms with Gasteiger partial charge in [0, 0.05) is 6.54 Å². The molecular weight excluding hydrogens is 226 g/mol. The molecule has 1 aliphatic rings. The molecule has 0 heterocycles. The summed E-state index contributed by atoms with van der Waals surface area (Å²) >= 11 is 0. The minimum atomic E-state index is -0.772. The molecule has 1 unspecified atom stereocenters. The average molecular weight is 247 g/mol. The number of aryl methyl sites for hydroxylation is 2. The summed E-state index contributed by atoms with van der Waals surface area (Å²) in [6, 6.07) is 6.04. The number of benzene rings is 1. The zero-order chi connectivity index (χ0) is 13.1. The van der Waals surface area contributed by atoms with E-state index >= 15 is 0 Å². The molecule has 0 fully saturated rings. The molecule has 0 bridgehead atoms. The van der Waals surface area contributed by atoms with Crippen LogP contribution in [0.15, 0.2) is 18.2 Å². The van der Waals surface area contributed by atoms with Crippen molar-refractivity contribution in [2.45, 2.75) is 45.7 Å². The van der Waals surface area contributed by atoms with E-state index in [1.807, 2.05) is 13.8 Å². The lowest BCUT2D eigenvalue weighted by molar-refractivity contribution is -0.140. The fraction of sp³-hybridized carbons (Fsp3) is 0.533. The first-order valence-corrected chi connectivity index (χ1v) is 6.65. The second-order valence-electron chi connectivity index (χ2n) is 5.40. The number of hydrogen-bond acceptors (Lipinski definition) is 2. The van der Waals surface area contributed by atoms with Gasteiger partial charge < -0.3 is 10.4 Å². The Morgan fingerprint density at radius 1 is 1.33 bits per heavy atom. The first-order valence-electron chi connectivity index (χ1n) is 6.65. The third kappa shape index (κ3) is 2.91. The molecule has 1 atom stereocenters. The largest absolute Gasteiger partial charge is 0.480 e. The maximum atomic E-state index is 11.1. The highest BCUT2D eigenvalue weighted by Crippen LogP contribution is 2.22. The Labute approximate surface area is 108 Å². The summed E-state index contributed by atoms with van der Waals surface area (Å²) in [4.78, 5) is 11.1. The average Bonchev–Trinajstić information content (AvgIpc) is 2.75. The molecule has 3 nitrogen and oxygen atoms in total. The summed E-state index contributed by atoms with van der Waals surface area (Å²) in [5.74, 6) is -0.678. The van der Waals surface area contributed by atoms with Gasteiger partial charge in [0.2, 0.25) is 0 Å². The molecule has 0 spiro atoms. The van der Waals surface area contributed by atoms with Crippen LogP contribution in [0.4, 0.5) is 0 Å². The molecule has 0 saturated carbocycles. The quantitative estimate of drug-likeness (QED) is 0.840. The van der Waals surface area contributed by atoms with E-state index in [-0.39, 0.29) is 5.92 Å². The summed E-state index contributed by atoms with van der Waals surface area (Å²) in [5.41, 5.74) is 4.07. The molecule has 0 radical (unpaired) electrons. The first-order chi connectivity index (χ1) is 8.58. The van der Waals surface area contributed by atoms with Crippen LogP contribution in [0, 0.1) is 5.92 Å². The Hall–Kier alpha value is -1.35. The van der Waals surface area contributed by atoms with E-state index < -0.39 is 12.0 Å². The van der Waals surface area contributed by atoms with Crippen molar-refractivity contribution in [1.82, 2.24) is 5.32 Å². The molecule has 18 heavy (non-hydrogen) atoms. The first kappa shape index (κ1) is 13.1. The molecule has 0 aromatic heterocycles. The topological polar surface area (TPSA) is 49.3 Å². The van der Waals surface area contributed by atoms with Crippen molar-refractivity contribution < 1.29 is 9.90 Å². The van der Waals surface area contributed by atoms with Crippen LogP contribution in [0.5, 0.6) is 0 Å². The fourth-order valence-corrected chi connectivity index (χ4v) is 2.57. The van der Waals surface area contributed by atoms with Crippen LogP contribution in [0.1, 0.15) is 37.0 Å². The van der Waals surface area contributed by atoms with Gasteiger partial charge in [-0.25, -0.2) is 0 Å². The maximum absolute atomic E-state index is 11.1. The van der Waals surface area contributed by atoms with Gasteiger partial charge in [0.15, 0.2) is 0 Å². The van der Waals surface area contributed by atoms with Gasteiger partial charge in [-0.15, -0.1) is 0 Å². The third-order valence-electron chi connectivity index (χ3n) is 3.62. The number of carboxylic acids is 1. The molecule has 1 aliphatic carbocycles. The van der Waals surface area contributed by atoms with Crippen molar-refractivity contribution in [3.63, 3.8) is 0 Å². The summed E-state index contributed by atoms with van der Waals surface area (Å²) in [6.45, 7) is 4.48. The monoisotopic (exact) mass is 247 g/mol. The molecule has 98 valence electrons. The lowest BCUT2D eigenvalue weighted by Gasteiger charge is -2.18. The van der Waals surface area contributed by atoms with Gasteiger partial charge in [-0.2, -0.15) is 0 Å². The summed E-state index contributed by atoms with van der Waals surface area (Å²) in [7, 11) is 0. The number of hydrogen-bond donors (Lipinski definition) is 2. The molecular formula is C15H21NO2. The molecule has 3 heteroatoms. The van der Waals surface area contributed by atoms with Crippen molar-refractivity contribution in [2.24, 2.45) is 5.92 Å². The second-order valence-corrected chi connectivity index (χ2v) is 5.40. The highest BCUT2D eigenvalue weighted by molar-refractivity contribution is 5.73. The number of rotatable bonds is 5. The van der Waals surface area contributed by atoms with Crippen LogP contribution >= 0.6 is 0 Å². The number of aliphatic carboxylic acids is 1. The van der Waals surface area contributed by atoms with E-state index in [1.54, 1.807) is 0 Å². The summed E-state index contributed by atoms with van der Waals surface area (Å²) in [6.07, 6.45) is 3.60. The van der Waals surface area contributed by atoms with Crippen molar-refractivity contribution in [1.29, 1.82) is 0 Å². The fourth-order valence-electron chi connectivity index (χ4n) is 2.57. The predicted octanol–water partition coefficient (Wildman–Crippen LogP) is 2.37. The lowest BCUT2D eigenvalue weighted by atomic mass is 10.0. The van der Waals surface area contributed by atoms with Gasteiger partial charge >= 0.3 is 5.97 Å². The molecule has 2 N–H and O–H groups in total. The summed E-state index contributed by atoms with van der Waals surface area (Å²) < 4.78 is 0. The van der Waals surface area contributed by atoms with E-state index in [9.17, 15) is 4.79 Å². The van der Waals surface area contributed by atoms with Gasteiger partial charge in [0.05, 0.1) is 0 Å². The Balaban J connectivity index is 1.99. The van der Waals surface area contributed by atoms with Crippen LogP contribution in [0.2, 0.25) is 0 Å². The molecule has 0 aliphatic heterocycles. The molecule has 1 aromatic rings. The Morgan fingerprint density at radius 2 is 2.06 bits per heavy atom. The number of carboxylic acid groups (broad SMARTS) is 1. The van der Waals surface area contributed by atoms with Gasteiger partial charge in [0.25, 0.3) is 0 Å². The van der Waals surface area contributed by atoms with Crippen molar-refractivity contribution >= 4 is 5.97 Å². The SMILES string of the molecule is CC(C)C(NCc1ccc2c(c1)CCC2)C(=O)O. The predicted molar refractivity (Wildman–Crippen MR) is 71.6 cm³/mol. The normalized spacial score (nSPS) is 15.7. The standard InChI is InChI=1S/C15H21NO2/c1-10(2)14(15(17)18)16-9-11-6-7-12-4-3-5-13(12)8-11/h6-8,10,14,16H,3-5,9H2,1-2H3,(H,17,18). The minimum absolute atomic E-state index is 0.0944. The minimum Gasteiger partial charge on any atom is -0.480 e. The maximum Gasteiger partial charge on any atom is 0.320 e. The van der Waals surface area contributed by atoms with Crippen molar-refractivity contribution in [3.8, 4) is 0 Å². The lowest BCUT2D eigenvalue weighted by Crippen LogP contribution is -2.40. The van der Waals surface area contributed by atoms with E-state index in [0.29, 0.717) is 6.54 Å². The Kier molecular flexibility index (Phi) is 4.02. The number of nitrogens with one attached hydrogen (secondary N) is 1. The van der Waals surface area contributed by atoms with E-state index in [0.717, 1.165) is 6.42 Å². The van der Waals surface area contributed by atoms with Crippen LogP contribution in [0.3, 0.4) is 0 Å². The number of carbonyl (C=O) groups is 1. The Morgan fingerprint density at radius 3 is 2.72 bits per heavy atom. The summed E-state index contributed by atoms with van der Waals surface area (Å²) in [5, 5.41) is 12.2. The zero-order valence-corrected chi connectivity index (χ0v) is 11.1. The van der Waals surface area contributed by atoms with Crippen LogP contribution in [-0.2, 0) is 24.2 Å². The number of fused-ring (bicyclic) bond motifs is 1. The van der Waals surface area contributed by atoms with Crippen LogP contribution < -0.4 is 5.32 Å². The van der Waals surface area contributed by atoms with Crippen LogP contribution in [-0.4, -0.2) is 17.1 Å². The van der Waals surface area contributed by atoms with Gasteiger partial charge in [-0.3, -0.25) is 4.79 Å². The Bertz CT molecular complexity index is 440. The van der Waals surface area contributed by atoms with Gasteiger partial charge in [0.1, 0.15) is 6.04 Å². The molecule has 2 rings (SSSR count). The highest BCUT2D eigenvalue weighted by Gasteiger charge is 2.20. The highest BCUT2D eigenvalue weighted by atomic mass is 16.4. The van der Waals surface area contributed by atoms with Crippen molar-refractivity contribution in [3.05, 3.63) is 34.9 Å². The van der Waals surface area contributed by atoms with Gasteiger partial charge in [-0.05, 0) is 41.9 Å². The van der Waals surface area contributed by atoms with E-state index in [2.05, 4.69) is 23.5 Å². The third-order valence-corrected chi connectivity index (χ3v) is 3.62.